The number of ether oxygens (including phenoxy) is 1. The molecule has 0 amide bonds. The second-order valence-corrected chi connectivity index (χ2v) is 5.34. The standard InChI is InChI=1S/C11H9F3O6S/c1-6-3-9(20-21(17,18)11(12,13)14)7(5-15)4-8(6)10(16)19-2/h3-5H,1-2H3. The van der Waals surface area contributed by atoms with E-state index < -0.39 is 32.9 Å². The van der Waals surface area contributed by atoms with Crippen molar-refractivity contribution >= 4 is 22.4 Å². The molecule has 0 aliphatic heterocycles. The number of hydrogen-bond donors (Lipinski definition) is 0. The second-order valence-electron chi connectivity index (χ2n) is 3.80. The Kier molecular flexibility index (Phi) is 4.62. The molecule has 0 spiro atoms. The van der Waals surface area contributed by atoms with E-state index in [1.54, 1.807) is 0 Å². The minimum absolute atomic E-state index is 0.0626. The van der Waals surface area contributed by atoms with Crippen LogP contribution in [-0.2, 0) is 14.9 Å². The van der Waals surface area contributed by atoms with E-state index in [-0.39, 0.29) is 17.4 Å². The molecule has 10 heteroatoms. The lowest BCUT2D eigenvalue weighted by atomic mass is 10.0. The molecule has 0 unspecified atom stereocenters. The minimum atomic E-state index is -5.91. The third kappa shape index (κ3) is 3.51. The number of carbonyl (C=O) groups is 2. The molecule has 21 heavy (non-hydrogen) atoms. The van der Waals surface area contributed by atoms with Crippen molar-refractivity contribution in [2.45, 2.75) is 12.4 Å². The van der Waals surface area contributed by atoms with Crippen molar-refractivity contribution in [3.63, 3.8) is 0 Å². The summed E-state index contributed by atoms with van der Waals surface area (Å²) >= 11 is 0. The number of methoxy groups -OCH3 is 1. The summed E-state index contributed by atoms with van der Waals surface area (Å²) in [6.45, 7) is 1.31. The highest BCUT2D eigenvalue weighted by molar-refractivity contribution is 7.88. The van der Waals surface area contributed by atoms with Gasteiger partial charge < -0.3 is 8.92 Å². The predicted molar refractivity (Wildman–Crippen MR) is 63.5 cm³/mol. The number of hydrogen-bond acceptors (Lipinski definition) is 6. The first-order chi connectivity index (χ1) is 9.53. The third-order valence-electron chi connectivity index (χ3n) is 2.37. The number of alkyl halides is 3. The molecule has 116 valence electrons. The van der Waals surface area contributed by atoms with Gasteiger partial charge in [-0.05, 0) is 24.6 Å². The molecule has 1 rings (SSSR count). The Balaban J connectivity index is 3.37. The molecule has 0 fully saturated rings. The number of esters is 1. The summed E-state index contributed by atoms with van der Waals surface area (Å²) in [7, 11) is -4.84. The van der Waals surface area contributed by atoms with Crippen molar-refractivity contribution in [1.29, 1.82) is 0 Å². The maximum Gasteiger partial charge on any atom is 0.534 e. The summed E-state index contributed by atoms with van der Waals surface area (Å²) in [5, 5.41) is 0. The minimum Gasteiger partial charge on any atom is -0.465 e. The van der Waals surface area contributed by atoms with Crippen molar-refractivity contribution in [3.05, 3.63) is 28.8 Å². The van der Waals surface area contributed by atoms with Gasteiger partial charge in [0.15, 0.2) is 12.0 Å². The van der Waals surface area contributed by atoms with Crippen LogP contribution in [-0.4, -0.2) is 33.3 Å². The predicted octanol–water partition coefficient (Wildman–Crippen LogP) is 1.82. The number of benzene rings is 1. The van der Waals surface area contributed by atoms with E-state index in [9.17, 15) is 31.2 Å². The van der Waals surface area contributed by atoms with Crippen LogP contribution < -0.4 is 4.18 Å². The smallest absolute Gasteiger partial charge is 0.465 e. The van der Waals surface area contributed by atoms with E-state index in [2.05, 4.69) is 8.92 Å². The number of halogens is 3. The van der Waals surface area contributed by atoms with E-state index in [1.165, 1.54) is 6.92 Å². The first-order valence-corrected chi connectivity index (χ1v) is 6.63. The van der Waals surface area contributed by atoms with Gasteiger partial charge in [0.1, 0.15) is 0 Å². The summed E-state index contributed by atoms with van der Waals surface area (Å²) in [6, 6.07) is 1.72. The second kappa shape index (κ2) is 5.72. The zero-order chi connectivity index (χ0) is 16.4. The first-order valence-electron chi connectivity index (χ1n) is 5.22. The molecule has 1 aromatic rings. The summed E-state index contributed by atoms with van der Waals surface area (Å²) in [5.41, 5.74) is -6.19. The molecule has 0 aromatic heterocycles. The van der Waals surface area contributed by atoms with Crippen LogP contribution in [0.2, 0.25) is 0 Å². The normalized spacial score (nSPS) is 11.9. The number of rotatable bonds is 4. The zero-order valence-corrected chi connectivity index (χ0v) is 11.5. The van der Waals surface area contributed by atoms with Crippen LogP contribution in [0.5, 0.6) is 5.75 Å². The Hall–Kier alpha value is -2.10. The highest BCUT2D eigenvalue weighted by atomic mass is 32.2. The number of carbonyl (C=O) groups excluding carboxylic acids is 2. The van der Waals surface area contributed by atoms with Gasteiger partial charge in [0, 0.05) is 0 Å². The molecule has 0 atom stereocenters. The lowest BCUT2D eigenvalue weighted by molar-refractivity contribution is -0.0500. The van der Waals surface area contributed by atoms with Crippen molar-refractivity contribution in [2.75, 3.05) is 7.11 Å². The van der Waals surface area contributed by atoms with Crippen molar-refractivity contribution in [1.82, 2.24) is 0 Å². The van der Waals surface area contributed by atoms with E-state index >= 15 is 0 Å². The average Bonchev–Trinajstić information content (AvgIpc) is 2.36. The van der Waals surface area contributed by atoms with Crippen LogP contribution in [0.15, 0.2) is 12.1 Å². The SMILES string of the molecule is COC(=O)c1cc(C=O)c(OS(=O)(=O)C(F)(F)F)cc1C. The Labute approximate surface area is 117 Å². The van der Waals surface area contributed by atoms with Crippen LogP contribution >= 0.6 is 0 Å². The number of aldehydes is 1. The van der Waals surface area contributed by atoms with Gasteiger partial charge in [0.2, 0.25) is 0 Å². The van der Waals surface area contributed by atoms with Crippen LogP contribution in [0, 0.1) is 6.92 Å². The molecule has 0 radical (unpaired) electrons. The Morgan fingerprint density at radius 3 is 2.29 bits per heavy atom. The molecule has 0 aliphatic carbocycles. The highest BCUT2D eigenvalue weighted by Crippen LogP contribution is 2.30. The quantitative estimate of drug-likeness (QED) is 0.363. The Morgan fingerprint density at radius 1 is 1.29 bits per heavy atom. The molecule has 6 nitrogen and oxygen atoms in total. The summed E-state index contributed by atoms with van der Waals surface area (Å²) in [5.74, 6) is -1.66. The maximum atomic E-state index is 12.2. The molecular weight excluding hydrogens is 317 g/mol. The van der Waals surface area contributed by atoms with Crippen molar-refractivity contribution in [2.24, 2.45) is 0 Å². The highest BCUT2D eigenvalue weighted by Gasteiger charge is 2.48. The fourth-order valence-electron chi connectivity index (χ4n) is 1.36. The van der Waals surface area contributed by atoms with Gasteiger partial charge in [-0.2, -0.15) is 21.6 Å². The molecular formula is C11H9F3O6S. The third-order valence-corrected chi connectivity index (χ3v) is 3.34. The first kappa shape index (κ1) is 17.0. The van der Waals surface area contributed by atoms with Gasteiger partial charge in [0.25, 0.3) is 0 Å². The topological polar surface area (TPSA) is 86.7 Å². The van der Waals surface area contributed by atoms with Crippen LogP contribution in [0.4, 0.5) is 13.2 Å². The van der Waals surface area contributed by atoms with Gasteiger partial charge in [0.05, 0.1) is 18.2 Å². The molecule has 0 aliphatic rings. The van der Waals surface area contributed by atoms with Crippen LogP contribution in [0.1, 0.15) is 26.3 Å². The van der Waals surface area contributed by atoms with Gasteiger partial charge in [-0.25, -0.2) is 4.79 Å². The van der Waals surface area contributed by atoms with Gasteiger partial charge >= 0.3 is 21.6 Å². The van der Waals surface area contributed by atoms with E-state index in [4.69, 9.17) is 0 Å². The number of aryl methyl sites for hydroxylation is 1. The lowest BCUT2D eigenvalue weighted by Gasteiger charge is -2.13. The van der Waals surface area contributed by atoms with Gasteiger partial charge in [-0.15, -0.1) is 0 Å². The van der Waals surface area contributed by atoms with Gasteiger partial charge in [-0.3, -0.25) is 4.79 Å². The van der Waals surface area contributed by atoms with E-state index in [0.29, 0.717) is 0 Å². The average molecular weight is 326 g/mol. The van der Waals surface area contributed by atoms with E-state index in [1.807, 2.05) is 0 Å². The lowest BCUT2D eigenvalue weighted by Crippen LogP contribution is -2.28. The van der Waals surface area contributed by atoms with Crippen molar-refractivity contribution in [3.8, 4) is 5.75 Å². The van der Waals surface area contributed by atoms with Crippen LogP contribution in [0.25, 0.3) is 0 Å². The monoisotopic (exact) mass is 326 g/mol. The van der Waals surface area contributed by atoms with Crippen LogP contribution in [0.3, 0.4) is 0 Å². The maximum absolute atomic E-state index is 12.2. The van der Waals surface area contributed by atoms with Crippen molar-refractivity contribution < 1.29 is 40.1 Å². The molecule has 0 saturated heterocycles. The summed E-state index contributed by atoms with van der Waals surface area (Å²) in [6.07, 6.45) is 0.0626. The molecule has 0 saturated carbocycles. The van der Waals surface area contributed by atoms with E-state index in [0.717, 1.165) is 19.2 Å². The molecule has 0 heterocycles. The Bertz CT molecular complexity index is 678. The fourth-order valence-corrected chi connectivity index (χ4v) is 1.83. The zero-order valence-electron chi connectivity index (χ0n) is 10.7. The largest absolute Gasteiger partial charge is 0.534 e. The fraction of sp³-hybridized carbons (Fsp3) is 0.273. The molecule has 0 bridgehead atoms. The Morgan fingerprint density at radius 2 is 1.86 bits per heavy atom. The van der Waals surface area contributed by atoms with Gasteiger partial charge in [-0.1, -0.05) is 0 Å². The molecule has 0 N–H and O–H groups in total. The molecule has 1 aromatic carbocycles. The summed E-state index contributed by atoms with van der Waals surface area (Å²) in [4.78, 5) is 22.2. The summed E-state index contributed by atoms with van der Waals surface area (Å²) < 4.78 is 66.9.